The van der Waals surface area contributed by atoms with Gasteiger partial charge in [0.05, 0.1) is 5.56 Å². The lowest BCUT2D eigenvalue weighted by Crippen LogP contribution is -2.22. The summed E-state index contributed by atoms with van der Waals surface area (Å²) < 4.78 is 0. The average Bonchev–Trinajstić information content (AvgIpc) is 2.37. The fourth-order valence-corrected chi connectivity index (χ4v) is 1.93. The summed E-state index contributed by atoms with van der Waals surface area (Å²) in [5.74, 6) is 0.682. The third kappa shape index (κ3) is 3.44. The summed E-state index contributed by atoms with van der Waals surface area (Å²) in [6, 6.07) is 7.89. The first-order valence-electron chi connectivity index (χ1n) is 6.47. The molecular formula is C15H18N2O2. The maximum Gasteiger partial charge on any atom is 0.325 e. The van der Waals surface area contributed by atoms with Crippen molar-refractivity contribution in [2.24, 2.45) is 5.92 Å². The van der Waals surface area contributed by atoms with Crippen LogP contribution in [0.25, 0.3) is 11.1 Å². The van der Waals surface area contributed by atoms with Crippen LogP contribution in [0.15, 0.2) is 40.1 Å². The van der Waals surface area contributed by atoms with Crippen molar-refractivity contribution in [2.45, 2.75) is 26.7 Å². The Morgan fingerprint density at radius 2 is 1.79 bits per heavy atom. The van der Waals surface area contributed by atoms with E-state index >= 15 is 0 Å². The van der Waals surface area contributed by atoms with Gasteiger partial charge in [0.2, 0.25) is 0 Å². The number of H-pyrrole nitrogens is 2. The van der Waals surface area contributed by atoms with Crippen molar-refractivity contribution in [1.29, 1.82) is 0 Å². The molecule has 1 aromatic heterocycles. The minimum Gasteiger partial charge on any atom is -0.313 e. The molecule has 0 bridgehead atoms. The largest absolute Gasteiger partial charge is 0.325 e. The van der Waals surface area contributed by atoms with Crippen molar-refractivity contribution in [3.8, 4) is 11.1 Å². The summed E-state index contributed by atoms with van der Waals surface area (Å²) >= 11 is 0. The molecule has 0 unspecified atom stereocenters. The zero-order valence-electron chi connectivity index (χ0n) is 11.2. The first-order valence-corrected chi connectivity index (χ1v) is 6.47. The van der Waals surface area contributed by atoms with Crippen molar-refractivity contribution in [3.63, 3.8) is 0 Å². The molecule has 2 rings (SSSR count). The molecule has 0 radical (unpaired) electrons. The lowest BCUT2D eigenvalue weighted by Gasteiger charge is -2.06. The van der Waals surface area contributed by atoms with Gasteiger partial charge >= 0.3 is 5.69 Å². The van der Waals surface area contributed by atoms with Crippen LogP contribution in [0.3, 0.4) is 0 Å². The monoisotopic (exact) mass is 258 g/mol. The van der Waals surface area contributed by atoms with Crippen molar-refractivity contribution in [2.75, 3.05) is 0 Å². The minimum absolute atomic E-state index is 0.362. The molecule has 2 aromatic rings. The summed E-state index contributed by atoms with van der Waals surface area (Å²) in [5.41, 5.74) is 1.71. The lowest BCUT2D eigenvalue weighted by molar-refractivity contribution is 0.587. The van der Waals surface area contributed by atoms with Gasteiger partial charge in [-0.3, -0.25) is 9.78 Å². The van der Waals surface area contributed by atoms with Crippen molar-refractivity contribution in [3.05, 3.63) is 56.9 Å². The van der Waals surface area contributed by atoms with E-state index in [0.717, 1.165) is 18.4 Å². The highest BCUT2D eigenvalue weighted by Crippen LogP contribution is 2.16. The highest BCUT2D eigenvalue weighted by atomic mass is 16.2. The van der Waals surface area contributed by atoms with Crippen LogP contribution in [0, 0.1) is 5.92 Å². The third-order valence-corrected chi connectivity index (χ3v) is 3.09. The van der Waals surface area contributed by atoms with Crippen molar-refractivity contribution < 1.29 is 0 Å². The zero-order chi connectivity index (χ0) is 13.8. The molecule has 0 aliphatic heterocycles. The maximum atomic E-state index is 11.7. The fraction of sp³-hybridized carbons (Fsp3) is 0.333. The SMILES string of the molecule is CC(C)CCc1ccc(-c2c[nH]c(=O)[nH]c2=O)cc1. The summed E-state index contributed by atoms with van der Waals surface area (Å²) in [4.78, 5) is 27.3. The van der Waals surface area contributed by atoms with Crippen LogP contribution in [0.5, 0.6) is 0 Å². The summed E-state index contributed by atoms with van der Waals surface area (Å²) in [7, 11) is 0. The molecular weight excluding hydrogens is 240 g/mol. The van der Waals surface area contributed by atoms with Gasteiger partial charge in [0.1, 0.15) is 0 Å². The van der Waals surface area contributed by atoms with Crippen LogP contribution in [0.2, 0.25) is 0 Å². The smallest absolute Gasteiger partial charge is 0.313 e. The standard InChI is InChI=1S/C15H18N2O2/c1-10(2)3-4-11-5-7-12(8-6-11)13-9-16-15(19)17-14(13)18/h5-10H,3-4H2,1-2H3,(H2,16,17,18,19). The van der Waals surface area contributed by atoms with Gasteiger partial charge in [-0.2, -0.15) is 0 Å². The Bertz CT molecular complexity index is 651. The van der Waals surface area contributed by atoms with E-state index in [1.165, 1.54) is 11.8 Å². The number of nitrogens with one attached hydrogen (secondary N) is 2. The predicted octanol–water partition coefficient (Wildman–Crippen LogP) is 2.32. The van der Waals surface area contributed by atoms with Crippen LogP contribution >= 0.6 is 0 Å². The number of aryl methyl sites for hydroxylation is 1. The average molecular weight is 258 g/mol. The van der Waals surface area contributed by atoms with Crippen LogP contribution < -0.4 is 11.2 Å². The van der Waals surface area contributed by atoms with E-state index in [-0.39, 0.29) is 5.56 Å². The molecule has 0 atom stereocenters. The van der Waals surface area contributed by atoms with E-state index in [1.807, 2.05) is 24.3 Å². The number of benzene rings is 1. The molecule has 4 nitrogen and oxygen atoms in total. The molecule has 0 aliphatic rings. The molecule has 100 valence electrons. The van der Waals surface area contributed by atoms with E-state index in [4.69, 9.17) is 0 Å². The molecule has 0 amide bonds. The van der Waals surface area contributed by atoms with E-state index in [9.17, 15) is 9.59 Å². The van der Waals surface area contributed by atoms with Gasteiger partial charge < -0.3 is 4.98 Å². The molecule has 0 spiro atoms. The molecule has 0 fully saturated rings. The number of aromatic nitrogens is 2. The lowest BCUT2D eigenvalue weighted by atomic mass is 10.0. The Labute approximate surface area is 111 Å². The molecule has 0 saturated heterocycles. The maximum absolute atomic E-state index is 11.7. The van der Waals surface area contributed by atoms with Crippen LogP contribution in [0.1, 0.15) is 25.8 Å². The molecule has 4 heteroatoms. The normalized spacial score (nSPS) is 10.9. The van der Waals surface area contributed by atoms with Crippen molar-refractivity contribution >= 4 is 0 Å². The first-order chi connectivity index (χ1) is 9.06. The number of hydrogen-bond donors (Lipinski definition) is 2. The number of hydrogen-bond acceptors (Lipinski definition) is 2. The Balaban J connectivity index is 2.22. The molecule has 19 heavy (non-hydrogen) atoms. The van der Waals surface area contributed by atoms with Crippen LogP contribution in [-0.2, 0) is 6.42 Å². The quantitative estimate of drug-likeness (QED) is 0.883. The van der Waals surface area contributed by atoms with E-state index < -0.39 is 5.69 Å². The van der Waals surface area contributed by atoms with E-state index in [1.54, 1.807) is 0 Å². The molecule has 1 heterocycles. The third-order valence-electron chi connectivity index (χ3n) is 3.09. The van der Waals surface area contributed by atoms with Gasteiger partial charge in [-0.25, -0.2) is 4.79 Å². The Hall–Kier alpha value is -2.10. The van der Waals surface area contributed by atoms with Gasteiger partial charge in [-0.05, 0) is 29.9 Å². The van der Waals surface area contributed by atoms with E-state index in [2.05, 4.69) is 23.8 Å². The number of aromatic amines is 2. The first kappa shape index (κ1) is 13.3. The van der Waals surface area contributed by atoms with Gasteiger partial charge in [0, 0.05) is 6.20 Å². The second-order valence-electron chi connectivity index (χ2n) is 5.12. The topological polar surface area (TPSA) is 65.7 Å². The van der Waals surface area contributed by atoms with Crippen molar-refractivity contribution in [1.82, 2.24) is 9.97 Å². The summed E-state index contributed by atoms with van der Waals surface area (Å²) in [6.07, 6.45) is 3.64. The highest BCUT2D eigenvalue weighted by molar-refractivity contribution is 5.61. The molecule has 2 N–H and O–H groups in total. The number of rotatable bonds is 4. The Morgan fingerprint density at radius 3 is 2.37 bits per heavy atom. The predicted molar refractivity (Wildman–Crippen MR) is 76.3 cm³/mol. The van der Waals surface area contributed by atoms with Crippen LogP contribution in [0.4, 0.5) is 0 Å². The summed E-state index contributed by atoms with van der Waals surface area (Å²) in [6.45, 7) is 4.41. The summed E-state index contributed by atoms with van der Waals surface area (Å²) in [5, 5.41) is 0. The van der Waals surface area contributed by atoms with Gasteiger partial charge in [0.25, 0.3) is 5.56 Å². The van der Waals surface area contributed by atoms with Gasteiger partial charge in [-0.15, -0.1) is 0 Å². The minimum atomic E-state index is -0.484. The zero-order valence-corrected chi connectivity index (χ0v) is 11.2. The van der Waals surface area contributed by atoms with Gasteiger partial charge in [0.15, 0.2) is 0 Å². The molecule has 0 saturated carbocycles. The fourth-order valence-electron chi connectivity index (χ4n) is 1.93. The van der Waals surface area contributed by atoms with Gasteiger partial charge in [-0.1, -0.05) is 38.1 Å². The van der Waals surface area contributed by atoms with E-state index in [0.29, 0.717) is 11.5 Å². The highest BCUT2D eigenvalue weighted by Gasteiger charge is 2.04. The Morgan fingerprint density at radius 1 is 1.11 bits per heavy atom. The molecule has 0 aliphatic carbocycles. The van der Waals surface area contributed by atoms with Crippen LogP contribution in [-0.4, -0.2) is 9.97 Å². The second kappa shape index (κ2) is 5.69. The Kier molecular flexibility index (Phi) is 4.00. The molecule has 1 aromatic carbocycles. The second-order valence-corrected chi connectivity index (χ2v) is 5.12.